The second kappa shape index (κ2) is 8.18. The summed E-state index contributed by atoms with van der Waals surface area (Å²) in [6, 6.07) is 6.32. The molecule has 0 radical (unpaired) electrons. The number of hydrogen-bond acceptors (Lipinski definition) is 3. The highest BCUT2D eigenvalue weighted by atomic mass is 16.5. The summed E-state index contributed by atoms with van der Waals surface area (Å²) in [6.45, 7) is 9.19. The van der Waals surface area contributed by atoms with Crippen molar-refractivity contribution >= 4 is 5.91 Å². The van der Waals surface area contributed by atoms with Crippen molar-refractivity contribution in [2.24, 2.45) is 0 Å². The van der Waals surface area contributed by atoms with Gasteiger partial charge in [0.25, 0.3) is 5.91 Å². The van der Waals surface area contributed by atoms with Crippen molar-refractivity contribution in [3.63, 3.8) is 0 Å². The lowest BCUT2D eigenvalue weighted by atomic mass is 10.0. The van der Waals surface area contributed by atoms with Crippen LogP contribution in [0, 0.1) is 13.8 Å². The van der Waals surface area contributed by atoms with Gasteiger partial charge in [-0.1, -0.05) is 13.0 Å². The Balaban J connectivity index is 1.93. The Morgan fingerprint density at radius 3 is 2.64 bits per heavy atom. The maximum absolute atomic E-state index is 12.5. The number of benzene rings is 1. The third-order valence-corrected chi connectivity index (χ3v) is 4.37. The molecule has 4 nitrogen and oxygen atoms in total. The average Bonchev–Trinajstić information content (AvgIpc) is 2.54. The van der Waals surface area contributed by atoms with Gasteiger partial charge < -0.3 is 15.0 Å². The van der Waals surface area contributed by atoms with Gasteiger partial charge in [-0.05, 0) is 69.5 Å². The minimum atomic E-state index is 0.104. The Hall–Kier alpha value is -1.55. The molecule has 0 aliphatic carbocycles. The van der Waals surface area contributed by atoms with Crippen molar-refractivity contribution in [1.29, 1.82) is 0 Å². The first-order chi connectivity index (χ1) is 10.6. The predicted molar refractivity (Wildman–Crippen MR) is 89.3 cm³/mol. The molecule has 1 aromatic rings. The van der Waals surface area contributed by atoms with Gasteiger partial charge in [-0.3, -0.25) is 4.79 Å². The number of nitrogens with zero attached hydrogens (tertiary/aromatic N) is 1. The van der Waals surface area contributed by atoms with Gasteiger partial charge in [-0.15, -0.1) is 0 Å². The zero-order chi connectivity index (χ0) is 15.9. The van der Waals surface area contributed by atoms with Crippen LogP contribution < -0.4 is 10.1 Å². The third kappa shape index (κ3) is 4.47. The molecule has 1 amide bonds. The molecule has 1 N–H and O–H groups in total. The van der Waals surface area contributed by atoms with Crippen LogP contribution in [0.3, 0.4) is 0 Å². The number of rotatable bonds is 6. The van der Waals surface area contributed by atoms with E-state index in [1.54, 1.807) is 0 Å². The number of hydrogen-bond donors (Lipinski definition) is 1. The summed E-state index contributed by atoms with van der Waals surface area (Å²) < 4.78 is 5.71. The Labute approximate surface area is 133 Å². The molecule has 1 aliphatic rings. The van der Waals surface area contributed by atoms with E-state index >= 15 is 0 Å². The Morgan fingerprint density at radius 2 is 2.00 bits per heavy atom. The summed E-state index contributed by atoms with van der Waals surface area (Å²) in [6.07, 6.45) is 3.06. The minimum absolute atomic E-state index is 0.104. The number of ether oxygens (including phenoxy) is 1. The van der Waals surface area contributed by atoms with Crippen molar-refractivity contribution in [3.8, 4) is 5.75 Å². The molecular weight excluding hydrogens is 276 g/mol. The van der Waals surface area contributed by atoms with Crippen molar-refractivity contribution in [2.75, 3.05) is 26.2 Å². The number of amides is 1. The zero-order valence-corrected chi connectivity index (χ0v) is 14.0. The standard InChI is InChI=1S/C18H28N2O2/c1-4-11-20(16-7-9-19-10-8-16)18(21)13-22-17-6-5-14(2)15(3)12-17/h5-6,12,16,19H,4,7-11,13H2,1-3H3. The fourth-order valence-corrected chi connectivity index (χ4v) is 2.90. The summed E-state index contributed by atoms with van der Waals surface area (Å²) in [5, 5.41) is 3.35. The summed E-state index contributed by atoms with van der Waals surface area (Å²) in [4.78, 5) is 14.6. The van der Waals surface area contributed by atoms with E-state index < -0.39 is 0 Å². The first-order valence-electron chi connectivity index (χ1n) is 8.32. The normalized spacial score (nSPS) is 15.6. The molecule has 0 aromatic heterocycles. The molecule has 122 valence electrons. The minimum Gasteiger partial charge on any atom is -0.484 e. The van der Waals surface area contributed by atoms with E-state index in [-0.39, 0.29) is 12.5 Å². The molecule has 1 heterocycles. The van der Waals surface area contributed by atoms with E-state index in [4.69, 9.17) is 4.74 Å². The topological polar surface area (TPSA) is 41.6 Å². The highest BCUT2D eigenvalue weighted by molar-refractivity contribution is 5.78. The molecule has 1 aromatic carbocycles. The second-order valence-corrected chi connectivity index (χ2v) is 6.10. The van der Waals surface area contributed by atoms with Crippen LogP contribution in [0.2, 0.25) is 0 Å². The Morgan fingerprint density at radius 1 is 1.27 bits per heavy atom. The van der Waals surface area contributed by atoms with Crippen LogP contribution in [-0.4, -0.2) is 43.1 Å². The van der Waals surface area contributed by atoms with Crippen LogP contribution in [-0.2, 0) is 4.79 Å². The van der Waals surface area contributed by atoms with Crippen molar-refractivity contribution in [2.45, 2.75) is 46.1 Å². The van der Waals surface area contributed by atoms with Crippen molar-refractivity contribution in [1.82, 2.24) is 10.2 Å². The van der Waals surface area contributed by atoms with Gasteiger partial charge in [0.05, 0.1) is 0 Å². The molecule has 0 saturated carbocycles. The fourth-order valence-electron chi connectivity index (χ4n) is 2.90. The smallest absolute Gasteiger partial charge is 0.260 e. The molecule has 1 fully saturated rings. The molecule has 0 atom stereocenters. The fraction of sp³-hybridized carbons (Fsp3) is 0.611. The molecule has 0 unspecified atom stereocenters. The molecule has 1 aliphatic heterocycles. The van der Waals surface area contributed by atoms with E-state index in [0.29, 0.717) is 6.04 Å². The van der Waals surface area contributed by atoms with E-state index in [1.165, 1.54) is 11.1 Å². The number of aryl methyl sites for hydroxylation is 2. The third-order valence-electron chi connectivity index (χ3n) is 4.37. The Kier molecular flexibility index (Phi) is 6.25. The van der Waals surface area contributed by atoms with Gasteiger partial charge in [0.1, 0.15) is 5.75 Å². The van der Waals surface area contributed by atoms with Gasteiger partial charge in [0.2, 0.25) is 0 Å². The Bertz CT molecular complexity index is 496. The maximum atomic E-state index is 12.5. The SMILES string of the molecule is CCCN(C(=O)COc1ccc(C)c(C)c1)C1CCNCC1. The van der Waals surface area contributed by atoms with Gasteiger partial charge >= 0.3 is 0 Å². The van der Waals surface area contributed by atoms with Crippen LogP contribution in [0.15, 0.2) is 18.2 Å². The number of carbonyl (C=O) groups excluding carboxylic acids is 1. The lowest BCUT2D eigenvalue weighted by Crippen LogP contribution is -2.48. The molecule has 4 heteroatoms. The van der Waals surface area contributed by atoms with Crippen molar-refractivity contribution < 1.29 is 9.53 Å². The van der Waals surface area contributed by atoms with Gasteiger partial charge in [-0.25, -0.2) is 0 Å². The van der Waals surface area contributed by atoms with E-state index in [2.05, 4.69) is 26.1 Å². The lowest BCUT2D eigenvalue weighted by molar-refractivity contribution is -0.136. The summed E-state index contributed by atoms with van der Waals surface area (Å²) in [5.41, 5.74) is 2.43. The molecule has 0 spiro atoms. The molecule has 0 bridgehead atoms. The van der Waals surface area contributed by atoms with Crippen LogP contribution in [0.25, 0.3) is 0 Å². The first kappa shape index (κ1) is 16.8. The van der Waals surface area contributed by atoms with Crippen molar-refractivity contribution in [3.05, 3.63) is 29.3 Å². The molecule has 2 rings (SSSR count). The quantitative estimate of drug-likeness (QED) is 0.878. The predicted octanol–water partition coefficient (Wildman–Crippen LogP) is 2.67. The highest BCUT2D eigenvalue weighted by Gasteiger charge is 2.24. The molecule has 22 heavy (non-hydrogen) atoms. The van der Waals surface area contributed by atoms with E-state index in [9.17, 15) is 4.79 Å². The van der Waals surface area contributed by atoms with Crippen LogP contribution in [0.5, 0.6) is 5.75 Å². The van der Waals surface area contributed by atoms with Gasteiger partial charge in [-0.2, -0.15) is 0 Å². The van der Waals surface area contributed by atoms with Crippen LogP contribution in [0.4, 0.5) is 0 Å². The van der Waals surface area contributed by atoms with Gasteiger partial charge in [0.15, 0.2) is 6.61 Å². The zero-order valence-electron chi connectivity index (χ0n) is 14.0. The first-order valence-corrected chi connectivity index (χ1v) is 8.32. The lowest BCUT2D eigenvalue weighted by Gasteiger charge is -2.34. The maximum Gasteiger partial charge on any atom is 0.260 e. The number of nitrogens with one attached hydrogen (secondary N) is 1. The van der Waals surface area contributed by atoms with E-state index in [1.807, 2.05) is 23.1 Å². The van der Waals surface area contributed by atoms with Crippen LogP contribution in [0.1, 0.15) is 37.3 Å². The largest absolute Gasteiger partial charge is 0.484 e. The number of carbonyl (C=O) groups is 1. The highest BCUT2D eigenvalue weighted by Crippen LogP contribution is 2.17. The molecule has 1 saturated heterocycles. The monoisotopic (exact) mass is 304 g/mol. The summed E-state index contributed by atoms with van der Waals surface area (Å²) in [7, 11) is 0. The summed E-state index contributed by atoms with van der Waals surface area (Å²) >= 11 is 0. The van der Waals surface area contributed by atoms with Crippen LogP contribution >= 0.6 is 0 Å². The molecular formula is C18H28N2O2. The second-order valence-electron chi connectivity index (χ2n) is 6.10. The summed E-state index contributed by atoms with van der Waals surface area (Å²) in [5.74, 6) is 0.880. The number of piperidine rings is 1. The van der Waals surface area contributed by atoms with Gasteiger partial charge in [0, 0.05) is 12.6 Å². The van der Waals surface area contributed by atoms with E-state index in [0.717, 1.165) is 44.6 Å². The average molecular weight is 304 g/mol.